The highest BCUT2D eigenvalue weighted by Crippen LogP contribution is 2.18. The minimum Gasteiger partial charge on any atom is -0.461 e. The normalized spacial score (nSPS) is 11.3. The molecule has 0 spiro atoms. The maximum absolute atomic E-state index is 11.7. The number of allylic oxidation sites excluding steroid dienone is 1. The smallest absolute Gasteiger partial charge is 0.333 e. The lowest BCUT2D eigenvalue weighted by molar-refractivity contribution is -0.313. The van der Waals surface area contributed by atoms with Gasteiger partial charge in [0.25, 0.3) is 0 Å². The van der Waals surface area contributed by atoms with Crippen molar-refractivity contribution in [3.05, 3.63) is 11.1 Å². The fourth-order valence-corrected chi connectivity index (χ4v) is 1.06. The molecule has 6 nitrogen and oxygen atoms in total. The third-order valence-corrected chi connectivity index (χ3v) is 2.80. The molecule has 0 radical (unpaired) electrons. The number of esters is 1. The highest BCUT2D eigenvalue weighted by molar-refractivity contribution is 5.88. The Labute approximate surface area is 113 Å². The highest BCUT2D eigenvalue weighted by Gasteiger charge is 2.32. The van der Waals surface area contributed by atoms with E-state index in [9.17, 15) is 15.0 Å². The number of carbonyl (C=O) groups excluding carboxylic acids is 1. The molecule has 0 aliphatic rings. The van der Waals surface area contributed by atoms with Gasteiger partial charge in [-0.2, -0.15) is 0 Å². The highest BCUT2D eigenvalue weighted by atomic mass is 17.2. The van der Waals surface area contributed by atoms with Gasteiger partial charge in [-0.15, -0.1) is 0 Å². The molecule has 0 aromatic rings. The van der Waals surface area contributed by atoms with E-state index in [0.717, 1.165) is 5.57 Å². The summed E-state index contributed by atoms with van der Waals surface area (Å²) >= 11 is 0. The van der Waals surface area contributed by atoms with Crippen LogP contribution in [0.2, 0.25) is 0 Å². The number of ether oxygens (including phenoxy) is 1. The predicted octanol–water partition coefficient (Wildman–Crippen LogP) is 0.825. The van der Waals surface area contributed by atoms with Crippen LogP contribution in [0.15, 0.2) is 11.1 Å². The summed E-state index contributed by atoms with van der Waals surface area (Å²) in [5.41, 5.74) is 0.303. The molecule has 0 saturated heterocycles. The van der Waals surface area contributed by atoms with Gasteiger partial charge in [-0.05, 0) is 27.7 Å². The SMILES string of the molecule is CCOOCC(CO)(CO)COC(=O)C(C)=C(C)C. The van der Waals surface area contributed by atoms with Crippen molar-refractivity contribution >= 4 is 5.97 Å². The van der Waals surface area contributed by atoms with Gasteiger partial charge in [0.2, 0.25) is 0 Å². The molecule has 0 saturated carbocycles. The van der Waals surface area contributed by atoms with Gasteiger partial charge in [0.1, 0.15) is 6.61 Å². The van der Waals surface area contributed by atoms with E-state index in [1.165, 1.54) is 0 Å². The molecule has 112 valence electrons. The second kappa shape index (κ2) is 9.03. The van der Waals surface area contributed by atoms with Gasteiger partial charge in [-0.3, -0.25) is 0 Å². The average Bonchev–Trinajstić information content (AvgIpc) is 2.41. The Bertz CT molecular complexity index is 302. The third-order valence-electron chi connectivity index (χ3n) is 2.80. The molecule has 0 heterocycles. The summed E-state index contributed by atoms with van der Waals surface area (Å²) in [6, 6.07) is 0. The third kappa shape index (κ3) is 6.15. The molecule has 0 rings (SSSR count). The lowest BCUT2D eigenvalue weighted by Crippen LogP contribution is -2.40. The van der Waals surface area contributed by atoms with Crippen molar-refractivity contribution in [1.82, 2.24) is 0 Å². The summed E-state index contributed by atoms with van der Waals surface area (Å²) in [5.74, 6) is -0.470. The summed E-state index contributed by atoms with van der Waals surface area (Å²) in [6.07, 6.45) is 0. The first-order valence-corrected chi connectivity index (χ1v) is 6.19. The monoisotopic (exact) mass is 276 g/mol. The first-order chi connectivity index (χ1) is 8.92. The molecule has 0 unspecified atom stereocenters. The van der Waals surface area contributed by atoms with Crippen LogP contribution in [0.1, 0.15) is 27.7 Å². The number of hydrogen-bond acceptors (Lipinski definition) is 6. The van der Waals surface area contributed by atoms with Crippen LogP contribution in [-0.4, -0.2) is 49.2 Å². The fourth-order valence-electron chi connectivity index (χ4n) is 1.06. The molecule has 0 aliphatic heterocycles. The molecule has 0 aromatic carbocycles. The van der Waals surface area contributed by atoms with Gasteiger partial charge in [-0.25, -0.2) is 14.6 Å². The zero-order chi connectivity index (χ0) is 14.9. The van der Waals surface area contributed by atoms with Crippen molar-refractivity contribution in [3.8, 4) is 0 Å². The second-order valence-corrected chi connectivity index (χ2v) is 4.69. The Morgan fingerprint density at radius 3 is 2.05 bits per heavy atom. The molecule has 0 amide bonds. The van der Waals surface area contributed by atoms with Gasteiger partial charge in [0.05, 0.1) is 31.8 Å². The molecule has 0 bridgehead atoms. The molecule has 0 aromatic heterocycles. The number of rotatable bonds is 9. The standard InChI is InChI=1S/C13H24O6/c1-5-18-19-9-13(6-14,7-15)8-17-12(16)11(4)10(2)3/h14-15H,5-9H2,1-4H3. The van der Waals surface area contributed by atoms with Crippen molar-refractivity contribution in [2.45, 2.75) is 27.7 Å². The number of carbonyl (C=O) groups is 1. The zero-order valence-corrected chi connectivity index (χ0v) is 12.1. The number of aliphatic hydroxyl groups is 2. The van der Waals surface area contributed by atoms with Crippen LogP contribution in [0.3, 0.4) is 0 Å². The van der Waals surface area contributed by atoms with Crippen molar-refractivity contribution in [2.75, 3.05) is 33.0 Å². The summed E-state index contributed by atoms with van der Waals surface area (Å²) in [4.78, 5) is 21.2. The molecule has 2 N–H and O–H groups in total. The van der Waals surface area contributed by atoms with E-state index in [0.29, 0.717) is 12.2 Å². The van der Waals surface area contributed by atoms with Crippen molar-refractivity contribution in [1.29, 1.82) is 0 Å². The van der Waals surface area contributed by atoms with E-state index in [1.807, 2.05) is 0 Å². The fraction of sp³-hybridized carbons (Fsp3) is 0.769. The van der Waals surface area contributed by atoms with Crippen LogP contribution in [0.4, 0.5) is 0 Å². The molecular formula is C13H24O6. The predicted molar refractivity (Wildman–Crippen MR) is 69.2 cm³/mol. The first-order valence-electron chi connectivity index (χ1n) is 6.19. The van der Waals surface area contributed by atoms with Crippen LogP contribution in [0.25, 0.3) is 0 Å². The van der Waals surface area contributed by atoms with E-state index in [4.69, 9.17) is 14.5 Å². The Morgan fingerprint density at radius 2 is 1.63 bits per heavy atom. The maximum Gasteiger partial charge on any atom is 0.333 e. The van der Waals surface area contributed by atoms with Crippen LogP contribution >= 0.6 is 0 Å². The largest absolute Gasteiger partial charge is 0.461 e. The summed E-state index contributed by atoms with van der Waals surface area (Å²) in [6.45, 7) is 6.41. The Balaban J connectivity index is 4.50. The Kier molecular flexibility index (Phi) is 8.58. The number of aliphatic hydroxyl groups excluding tert-OH is 2. The summed E-state index contributed by atoms with van der Waals surface area (Å²) in [7, 11) is 0. The van der Waals surface area contributed by atoms with Crippen LogP contribution in [0, 0.1) is 5.41 Å². The van der Waals surface area contributed by atoms with Crippen molar-refractivity contribution < 1.29 is 29.5 Å². The molecule has 6 heteroatoms. The quantitative estimate of drug-likeness (QED) is 0.213. The molecule has 0 fully saturated rings. The molecular weight excluding hydrogens is 252 g/mol. The summed E-state index contributed by atoms with van der Waals surface area (Å²) < 4.78 is 5.09. The van der Waals surface area contributed by atoms with E-state index in [2.05, 4.69) is 0 Å². The second-order valence-electron chi connectivity index (χ2n) is 4.69. The van der Waals surface area contributed by atoms with Crippen molar-refractivity contribution in [3.63, 3.8) is 0 Å². The van der Waals surface area contributed by atoms with Crippen LogP contribution < -0.4 is 0 Å². The molecule has 0 atom stereocenters. The van der Waals surface area contributed by atoms with Crippen molar-refractivity contribution in [2.24, 2.45) is 5.41 Å². The van der Waals surface area contributed by atoms with Crippen LogP contribution in [-0.2, 0) is 19.3 Å². The first kappa shape index (κ1) is 18.0. The summed E-state index contributed by atoms with van der Waals surface area (Å²) in [5, 5.41) is 18.7. The van der Waals surface area contributed by atoms with E-state index in [1.54, 1.807) is 27.7 Å². The van der Waals surface area contributed by atoms with E-state index in [-0.39, 0.29) is 26.4 Å². The minimum absolute atomic E-state index is 0.0605. The van der Waals surface area contributed by atoms with Gasteiger partial charge in [0, 0.05) is 5.57 Å². The Hall–Kier alpha value is -0.950. The van der Waals surface area contributed by atoms with Gasteiger partial charge in [0.15, 0.2) is 0 Å². The zero-order valence-electron chi connectivity index (χ0n) is 12.1. The lowest BCUT2D eigenvalue weighted by atomic mass is 9.92. The van der Waals surface area contributed by atoms with Gasteiger partial charge in [-0.1, -0.05) is 5.57 Å². The van der Waals surface area contributed by atoms with Crippen LogP contribution in [0.5, 0.6) is 0 Å². The molecule has 0 aliphatic carbocycles. The maximum atomic E-state index is 11.7. The average molecular weight is 276 g/mol. The lowest BCUT2D eigenvalue weighted by Gasteiger charge is -2.28. The minimum atomic E-state index is -1.06. The topological polar surface area (TPSA) is 85.2 Å². The van der Waals surface area contributed by atoms with E-state index < -0.39 is 11.4 Å². The van der Waals surface area contributed by atoms with Gasteiger partial charge >= 0.3 is 5.97 Å². The number of hydrogen-bond donors (Lipinski definition) is 2. The molecule has 19 heavy (non-hydrogen) atoms. The van der Waals surface area contributed by atoms with Gasteiger partial charge < -0.3 is 14.9 Å². The Morgan fingerprint density at radius 1 is 1.05 bits per heavy atom. The van der Waals surface area contributed by atoms with E-state index >= 15 is 0 Å².